The summed E-state index contributed by atoms with van der Waals surface area (Å²) in [5.41, 5.74) is 7.59. The summed E-state index contributed by atoms with van der Waals surface area (Å²) >= 11 is 0. The largest absolute Gasteiger partial charge is 0.373 e. The van der Waals surface area contributed by atoms with Gasteiger partial charge >= 0.3 is 0 Å². The van der Waals surface area contributed by atoms with E-state index in [-0.39, 0.29) is 12.0 Å². The van der Waals surface area contributed by atoms with Crippen molar-refractivity contribution in [3.63, 3.8) is 0 Å². The Bertz CT molecular complexity index is 1050. The maximum Gasteiger partial charge on any atom is 0.255 e. The maximum atomic E-state index is 13.0. The van der Waals surface area contributed by atoms with Crippen molar-refractivity contribution >= 4 is 5.91 Å². The van der Waals surface area contributed by atoms with Crippen LogP contribution in [-0.2, 0) is 30.7 Å². The molecule has 5 nitrogen and oxygen atoms in total. The molecular weight excluding hydrogens is 362 g/mol. The topological polar surface area (TPSA) is 55.3 Å². The molecule has 3 aromatic rings. The second-order valence-corrected chi connectivity index (χ2v) is 7.75. The van der Waals surface area contributed by atoms with E-state index < -0.39 is 0 Å². The summed E-state index contributed by atoms with van der Waals surface area (Å²) in [6.45, 7) is 3.93. The predicted octanol–water partition coefficient (Wildman–Crippen LogP) is 3.80. The Morgan fingerprint density at radius 3 is 2.76 bits per heavy atom. The highest BCUT2D eigenvalue weighted by Gasteiger charge is 2.30. The highest BCUT2D eigenvalue weighted by atomic mass is 16.5. The first-order chi connectivity index (χ1) is 14.2. The van der Waals surface area contributed by atoms with Gasteiger partial charge in [-0.1, -0.05) is 30.3 Å². The van der Waals surface area contributed by atoms with Gasteiger partial charge in [0.1, 0.15) is 0 Å². The van der Waals surface area contributed by atoms with E-state index >= 15 is 0 Å². The van der Waals surface area contributed by atoms with Gasteiger partial charge in [-0.3, -0.25) is 14.8 Å². The van der Waals surface area contributed by atoms with Gasteiger partial charge < -0.3 is 9.64 Å². The van der Waals surface area contributed by atoms with E-state index in [2.05, 4.69) is 36.2 Å². The number of rotatable bonds is 2. The molecular formula is C24H23N3O2. The molecule has 2 aromatic heterocycles. The molecule has 2 aliphatic heterocycles. The number of carbonyl (C=O) groups excluding carboxylic acids is 1. The third-order valence-electron chi connectivity index (χ3n) is 5.82. The summed E-state index contributed by atoms with van der Waals surface area (Å²) < 4.78 is 6.00. The van der Waals surface area contributed by atoms with Crippen molar-refractivity contribution in [1.82, 2.24) is 14.9 Å². The summed E-state index contributed by atoms with van der Waals surface area (Å²) in [7, 11) is 0. The minimum absolute atomic E-state index is 0.0229. The number of carbonyl (C=O) groups is 1. The molecule has 0 saturated carbocycles. The lowest BCUT2D eigenvalue weighted by molar-refractivity contribution is 0.0394. The van der Waals surface area contributed by atoms with Gasteiger partial charge in [-0.15, -0.1) is 0 Å². The van der Waals surface area contributed by atoms with Gasteiger partial charge in [-0.05, 0) is 35.7 Å². The predicted molar refractivity (Wildman–Crippen MR) is 110 cm³/mol. The number of benzene rings is 1. The van der Waals surface area contributed by atoms with Crippen molar-refractivity contribution in [2.24, 2.45) is 0 Å². The quantitative estimate of drug-likeness (QED) is 0.673. The molecule has 0 bridgehead atoms. The molecule has 1 amide bonds. The van der Waals surface area contributed by atoms with Gasteiger partial charge in [0.25, 0.3) is 5.91 Å². The number of ether oxygens (including phenoxy) is 1. The third-order valence-corrected chi connectivity index (χ3v) is 5.82. The van der Waals surface area contributed by atoms with Crippen LogP contribution in [0.15, 0.2) is 54.9 Å². The molecule has 0 aliphatic carbocycles. The lowest BCUT2D eigenvalue weighted by Crippen LogP contribution is -2.38. The monoisotopic (exact) mass is 385 g/mol. The van der Waals surface area contributed by atoms with Crippen LogP contribution in [0.2, 0.25) is 0 Å². The Morgan fingerprint density at radius 2 is 1.97 bits per heavy atom. The number of fused-ring (bicyclic) bond motifs is 3. The summed E-state index contributed by atoms with van der Waals surface area (Å²) in [6, 6.07) is 14.0. The molecule has 0 N–H and O–H groups in total. The van der Waals surface area contributed by atoms with E-state index in [1.165, 1.54) is 11.1 Å². The van der Waals surface area contributed by atoms with Crippen molar-refractivity contribution in [3.05, 3.63) is 82.8 Å². The zero-order chi connectivity index (χ0) is 19.8. The Labute approximate surface area is 170 Å². The summed E-state index contributed by atoms with van der Waals surface area (Å²) in [5, 5.41) is 0. The number of nitrogens with zero attached hydrogens (tertiary/aromatic N) is 3. The summed E-state index contributed by atoms with van der Waals surface area (Å²) in [4.78, 5) is 24.0. The molecule has 5 heteroatoms. The maximum absolute atomic E-state index is 13.0. The fourth-order valence-corrected chi connectivity index (χ4v) is 4.32. The van der Waals surface area contributed by atoms with Crippen molar-refractivity contribution in [2.75, 3.05) is 6.54 Å². The molecule has 1 atom stereocenters. The summed E-state index contributed by atoms with van der Waals surface area (Å²) in [5.74, 6) is 0.0229. The Morgan fingerprint density at radius 1 is 1.10 bits per heavy atom. The second kappa shape index (κ2) is 7.41. The van der Waals surface area contributed by atoms with E-state index in [0.29, 0.717) is 25.3 Å². The molecule has 0 spiro atoms. The van der Waals surface area contributed by atoms with E-state index in [9.17, 15) is 4.79 Å². The number of aromatic nitrogens is 2. The van der Waals surface area contributed by atoms with Gasteiger partial charge in [0.15, 0.2) is 0 Å². The average Bonchev–Trinajstić information content (AvgIpc) is 2.78. The van der Waals surface area contributed by atoms with E-state index in [1.54, 1.807) is 18.5 Å². The first-order valence-corrected chi connectivity index (χ1v) is 10.1. The van der Waals surface area contributed by atoms with Crippen LogP contribution < -0.4 is 0 Å². The Balaban J connectivity index is 1.56. The highest BCUT2D eigenvalue weighted by Crippen LogP contribution is 2.35. The molecule has 2 aliphatic rings. The minimum Gasteiger partial charge on any atom is -0.373 e. The number of pyridine rings is 2. The van der Waals surface area contributed by atoms with Crippen LogP contribution in [0.5, 0.6) is 0 Å². The lowest BCUT2D eigenvalue weighted by Gasteiger charge is -2.34. The normalized spacial score (nSPS) is 18.1. The van der Waals surface area contributed by atoms with Crippen molar-refractivity contribution in [1.29, 1.82) is 0 Å². The first kappa shape index (κ1) is 18.0. The van der Waals surface area contributed by atoms with Gasteiger partial charge in [0.05, 0.1) is 24.0 Å². The fourth-order valence-electron chi connectivity index (χ4n) is 4.32. The molecule has 29 heavy (non-hydrogen) atoms. The van der Waals surface area contributed by atoms with Crippen LogP contribution >= 0.6 is 0 Å². The molecule has 0 unspecified atom stereocenters. The van der Waals surface area contributed by atoms with Crippen LogP contribution in [0.4, 0.5) is 0 Å². The Kier molecular flexibility index (Phi) is 4.60. The van der Waals surface area contributed by atoms with Gasteiger partial charge in [0.2, 0.25) is 0 Å². The van der Waals surface area contributed by atoms with Crippen LogP contribution in [0.1, 0.15) is 39.7 Å². The molecule has 0 saturated heterocycles. The van der Waals surface area contributed by atoms with Crippen LogP contribution in [0.25, 0.3) is 11.3 Å². The minimum atomic E-state index is 0.0229. The zero-order valence-corrected chi connectivity index (χ0v) is 16.5. The molecule has 5 rings (SSSR count). The molecule has 146 valence electrons. The second-order valence-electron chi connectivity index (χ2n) is 7.75. The standard InChI is InChI=1S/C24H23N3O2/c1-16-12-19-21(15-29-16)20-14-27(24(28)18-8-5-10-25-13-18)11-9-22(20)26-23(19)17-6-3-2-4-7-17/h2-8,10,13,16H,9,11-12,14-15H2,1H3/t16-/m0/s1. The smallest absolute Gasteiger partial charge is 0.255 e. The first-order valence-electron chi connectivity index (χ1n) is 10.1. The SMILES string of the molecule is C[C@H]1Cc2c(-c3ccccc3)nc3c(c2CO1)CN(C(=O)c1cccnc1)CC3. The van der Waals surface area contributed by atoms with E-state index in [1.807, 2.05) is 17.0 Å². The van der Waals surface area contributed by atoms with Gasteiger partial charge in [0, 0.05) is 49.6 Å². The lowest BCUT2D eigenvalue weighted by atomic mass is 9.88. The van der Waals surface area contributed by atoms with Gasteiger partial charge in [-0.2, -0.15) is 0 Å². The molecule has 0 radical (unpaired) electrons. The highest BCUT2D eigenvalue weighted by molar-refractivity contribution is 5.94. The average molecular weight is 385 g/mol. The molecule has 0 fully saturated rings. The molecule has 1 aromatic carbocycles. The van der Waals surface area contributed by atoms with Crippen molar-refractivity contribution < 1.29 is 9.53 Å². The Hall–Kier alpha value is -3.05. The molecule has 4 heterocycles. The summed E-state index contributed by atoms with van der Waals surface area (Å²) in [6.07, 6.45) is 5.09. The van der Waals surface area contributed by atoms with Gasteiger partial charge in [-0.25, -0.2) is 0 Å². The number of amides is 1. The fraction of sp³-hybridized carbons (Fsp3) is 0.292. The van der Waals surface area contributed by atoms with Crippen LogP contribution in [-0.4, -0.2) is 33.4 Å². The van der Waals surface area contributed by atoms with Crippen LogP contribution in [0.3, 0.4) is 0 Å². The number of hydrogen-bond donors (Lipinski definition) is 0. The van der Waals surface area contributed by atoms with Crippen molar-refractivity contribution in [3.8, 4) is 11.3 Å². The van der Waals surface area contributed by atoms with E-state index in [4.69, 9.17) is 9.72 Å². The van der Waals surface area contributed by atoms with E-state index in [0.717, 1.165) is 35.4 Å². The van der Waals surface area contributed by atoms with Crippen molar-refractivity contribution in [2.45, 2.75) is 39.0 Å². The van der Waals surface area contributed by atoms with Crippen LogP contribution in [0, 0.1) is 0 Å². The zero-order valence-electron chi connectivity index (χ0n) is 16.5. The third kappa shape index (κ3) is 3.32. The number of hydrogen-bond acceptors (Lipinski definition) is 4.